The van der Waals surface area contributed by atoms with Crippen LogP contribution in [0.4, 0.5) is 104 Å². The molecule has 6 fully saturated rings. The molecule has 10 aliphatic rings. The summed E-state index contributed by atoms with van der Waals surface area (Å²) in [4.78, 5) is 2.55. The predicted molar refractivity (Wildman–Crippen MR) is 242 cm³/mol. The average molecular weight is 1030 g/mol. The lowest BCUT2D eigenvalue weighted by atomic mass is 9.33. The van der Waals surface area contributed by atoms with E-state index in [4.69, 9.17) is 0 Å². The van der Waals surface area contributed by atoms with Crippen molar-refractivity contribution in [3.8, 4) is 0 Å². The van der Waals surface area contributed by atoms with Crippen molar-refractivity contribution in [1.29, 1.82) is 0 Å². The molecule has 8 aliphatic carbocycles. The minimum absolute atomic E-state index is 0.00688. The summed E-state index contributed by atoms with van der Waals surface area (Å²) in [6, 6.07) is 18.6. The fraction of sp³-hybridized carbons (Fsp3) is 0.444. The molecule has 5 aromatic rings. The van der Waals surface area contributed by atoms with Gasteiger partial charge < -0.3 is 9.80 Å². The Morgan fingerprint density at radius 2 is 0.753 bits per heavy atom. The molecule has 2 nitrogen and oxygen atoms in total. The second-order valence-electron chi connectivity index (χ2n) is 21.9. The Labute approximate surface area is 407 Å². The predicted octanol–water partition coefficient (Wildman–Crippen LogP) is 15.1. The zero-order valence-corrected chi connectivity index (χ0v) is 38.3. The molecule has 19 heteroatoms. The van der Waals surface area contributed by atoms with E-state index in [1.807, 2.05) is 47.4 Å². The van der Waals surface area contributed by atoms with E-state index in [1.165, 1.54) is 12.1 Å². The monoisotopic (exact) mass is 1030 g/mol. The van der Waals surface area contributed by atoms with E-state index in [-0.39, 0.29) is 51.9 Å². The lowest BCUT2D eigenvalue weighted by Gasteiger charge is -2.49. The van der Waals surface area contributed by atoms with Crippen LogP contribution in [-0.2, 0) is 34.5 Å². The van der Waals surface area contributed by atoms with Crippen LogP contribution >= 0.6 is 0 Å². The Balaban J connectivity index is 1.09. The van der Waals surface area contributed by atoms with Crippen molar-refractivity contribution in [3.63, 3.8) is 0 Å². The number of fused-ring (bicyclic) bond motifs is 12. The average Bonchev–Trinajstić information content (AvgIpc) is 3.39. The van der Waals surface area contributed by atoms with Gasteiger partial charge in [-0.05, 0) is 176 Å². The summed E-state index contributed by atoms with van der Waals surface area (Å²) >= 11 is 0. The number of anilines is 6. The molecule has 0 saturated heterocycles. The second kappa shape index (κ2) is 14.3. The summed E-state index contributed by atoms with van der Waals surface area (Å²) in [6.07, 6.45) is 11.4. The first kappa shape index (κ1) is 47.4. The molecule has 6 saturated carbocycles. The van der Waals surface area contributed by atoms with Gasteiger partial charge in [0.05, 0.1) is 0 Å². The third-order valence-electron chi connectivity index (χ3n) is 18.6. The van der Waals surface area contributed by atoms with Crippen LogP contribution in [0, 0.1) is 11.8 Å². The van der Waals surface area contributed by atoms with Crippen molar-refractivity contribution in [2.75, 3.05) is 9.80 Å². The van der Waals surface area contributed by atoms with Gasteiger partial charge in [0.2, 0.25) is 0 Å². The lowest BCUT2D eigenvalue weighted by Crippen LogP contribution is -2.65. The molecule has 0 amide bonds. The van der Waals surface area contributed by atoms with Crippen molar-refractivity contribution >= 4 is 57.2 Å². The van der Waals surface area contributed by atoms with E-state index in [9.17, 15) is 8.78 Å². The standard InChI is InChI=1S/C54H41BF16N2/c56-47(57)34-10-9-33(25-35(34)48(58,59)52(66,67)51(47,64)65)73-42-3-1-2-41-44(42)55(39-26-36-37(27-43(39)73)50(62,63)54(70,71)53(68,69)49(36,60)61)38-24-31(46-21-15-29(16-22-46)17-23-46)6-11-40(38)72(41)32-7-4-30(5-8-32)45-18-12-28(13-19-45)14-20-45/h1-11,24-29H,12-23H2. The number of alkyl halides is 16. The molecule has 0 unspecified atom stereocenters. The molecule has 15 rings (SSSR count). The van der Waals surface area contributed by atoms with Crippen LogP contribution in [0.25, 0.3) is 0 Å². The molecule has 4 bridgehead atoms. The fourth-order valence-corrected chi connectivity index (χ4v) is 14.4. The summed E-state index contributed by atoms with van der Waals surface area (Å²) in [6.45, 7) is -1.41. The highest BCUT2D eigenvalue weighted by Gasteiger charge is 2.86. The molecule has 0 N–H and O–H groups in total. The van der Waals surface area contributed by atoms with Gasteiger partial charge in [-0.3, -0.25) is 0 Å². The molecule has 382 valence electrons. The van der Waals surface area contributed by atoms with Crippen LogP contribution in [0.1, 0.15) is 110 Å². The molecule has 2 heterocycles. The van der Waals surface area contributed by atoms with Gasteiger partial charge in [0.1, 0.15) is 0 Å². The fourth-order valence-electron chi connectivity index (χ4n) is 14.4. The first-order chi connectivity index (χ1) is 34.2. The summed E-state index contributed by atoms with van der Waals surface area (Å²) in [5.41, 5.74) is -8.20. The number of halogens is 16. The van der Waals surface area contributed by atoms with Gasteiger partial charge in [-0.2, -0.15) is 70.2 Å². The smallest absolute Gasteiger partial charge is 0.311 e. The number of benzene rings is 5. The topological polar surface area (TPSA) is 6.48 Å². The highest BCUT2D eigenvalue weighted by molar-refractivity contribution is 7.00. The SMILES string of the molecule is FC1(F)c2ccc(N3c4cc5c(cc4B4c6cc(C78CCC(CC7)CC8)ccc6N(c6ccc(C78CCC(CC7)CC8)cc6)c6cccc3c64)C(F)(F)C(F)(F)C(F)(F)C5(F)F)cc2C(F)(F)C(F)(F)C1(F)F. The Hall–Kier alpha value is -5.36. The Bertz CT molecular complexity index is 3140. The summed E-state index contributed by atoms with van der Waals surface area (Å²) in [5, 5.41) is 0. The molecular formula is C54H41BF16N2. The summed E-state index contributed by atoms with van der Waals surface area (Å²) in [7, 11) is 0. The van der Waals surface area contributed by atoms with Crippen LogP contribution in [-0.4, -0.2) is 30.4 Å². The maximum absolute atomic E-state index is 16.2. The first-order valence-corrected chi connectivity index (χ1v) is 24.5. The first-order valence-electron chi connectivity index (χ1n) is 24.5. The summed E-state index contributed by atoms with van der Waals surface area (Å²) in [5.74, 6) is -49.6. The van der Waals surface area contributed by atoms with E-state index < -0.39 is 93.2 Å². The molecule has 0 radical (unpaired) electrons. The van der Waals surface area contributed by atoms with Gasteiger partial charge >= 0.3 is 47.4 Å². The van der Waals surface area contributed by atoms with Crippen molar-refractivity contribution in [2.24, 2.45) is 11.8 Å². The van der Waals surface area contributed by atoms with Crippen LogP contribution in [0.15, 0.2) is 91.0 Å². The third kappa shape index (κ3) is 5.62. The van der Waals surface area contributed by atoms with Crippen molar-refractivity contribution < 1.29 is 70.2 Å². The number of hydrogen-bond acceptors (Lipinski definition) is 2. The zero-order valence-electron chi connectivity index (χ0n) is 38.3. The highest BCUT2D eigenvalue weighted by Crippen LogP contribution is 2.67. The second-order valence-corrected chi connectivity index (χ2v) is 21.9. The third-order valence-corrected chi connectivity index (χ3v) is 18.6. The molecular weight excluding hydrogens is 991 g/mol. The van der Waals surface area contributed by atoms with Crippen molar-refractivity contribution in [2.45, 2.75) is 135 Å². The quantitative estimate of drug-likeness (QED) is 0.128. The highest BCUT2D eigenvalue weighted by atomic mass is 19.4. The van der Waals surface area contributed by atoms with Crippen LogP contribution < -0.4 is 26.2 Å². The normalized spacial score (nSPS) is 30.2. The molecule has 0 atom stereocenters. The van der Waals surface area contributed by atoms with E-state index in [2.05, 4.69) is 0 Å². The van der Waals surface area contributed by atoms with Crippen LogP contribution in [0.2, 0.25) is 0 Å². The van der Waals surface area contributed by atoms with Gasteiger partial charge in [-0.15, -0.1) is 0 Å². The maximum Gasteiger partial charge on any atom is 0.382 e. The van der Waals surface area contributed by atoms with Crippen molar-refractivity contribution in [3.05, 3.63) is 124 Å². The lowest BCUT2D eigenvalue weighted by molar-refractivity contribution is -0.386. The van der Waals surface area contributed by atoms with E-state index >= 15 is 61.5 Å². The Kier molecular flexibility index (Phi) is 9.29. The minimum atomic E-state index is -6.73. The molecule has 0 aromatic heterocycles. The molecule has 2 aliphatic heterocycles. The summed E-state index contributed by atoms with van der Waals surface area (Å²) < 4.78 is 248. The van der Waals surface area contributed by atoms with Crippen LogP contribution in [0.5, 0.6) is 0 Å². The van der Waals surface area contributed by atoms with Gasteiger partial charge in [-0.25, -0.2) is 0 Å². The molecule has 0 spiro atoms. The van der Waals surface area contributed by atoms with Gasteiger partial charge in [0.25, 0.3) is 6.71 Å². The van der Waals surface area contributed by atoms with E-state index in [0.717, 1.165) is 93.1 Å². The van der Waals surface area contributed by atoms with Gasteiger partial charge in [0, 0.05) is 56.4 Å². The van der Waals surface area contributed by atoms with E-state index in [1.54, 1.807) is 6.07 Å². The van der Waals surface area contributed by atoms with E-state index in [0.29, 0.717) is 34.7 Å². The van der Waals surface area contributed by atoms with Gasteiger partial charge in [-0.1, -0.05) is 42.5 Å². The minimum Gasteiger partial charge on any atom is -0.311 e. The molecule has 5 aromatic carbocycles. The maximum atomic E-state index is 16.2. The number of rotatable bonds is 4. The van der Waals surface area contributed by atoms with Crippen molar-refractivity contribution in [1.82, 2.24) is 0 Å². The molecule has 73 heavy (non-hydrogen) atoms. The zero-order chi connectivity index (χ0) is 51.6. The number of nitrogens with zero attached hydrogens (tertiary/aromatic N) is 2. The largest absolute Gasteiger partial charge is 0.382 e. The Morgan fingerprint density at radius 1 is 0.356 bits per heavy atom. The number of hydrogen-bond donors (Lipinski definition) is 0. The van der Waals surface area contributed by atoms with Crippen LogP contribution in [0.3, 0.4) is 0 Å². The van der Waals surface area contributed by atoms with Gasteiger partial charge in [0.15, 0.2) is 0 Å². The Morgan fingerprint density at radius 3 is 1.26 bits per heavy atom.